The van der Waals surface area contributed by atoms with Crippen LogP contribution in [0, 0.1) is 12.7 Å². The molecule has 0 heterocycles. The zero-order valence-electron chi connectivity index (χ0n) is 10.1. The Bertz CT molecular complexity index is 345. The molecule has 0 saturated carbocycles. The maximum Gasteiger partial charge on any atom is 0.126 e. The van der Waals surface area contributed by atoms with E-state index in [2.05, 4.69) is 18.3 Å². The van der Waals surface area contributed by atoms with E-state index < -0.39 is 0 Å². The summed E-state index contributed by atoms with van der Waals surface area (Å²) >= 11 is 0. The monoisotopic (exact) mass is 221 g/mol. The van der Waals surface area contributed by atoms with Gasteiger partial charge in [0.15, 0.2) is 0 Å². The zero-order valence-corrected chi connectivity index (χ0v) is 10.1. The van der Waals surface area contributed by atoms with E-state index in [1.54, 1.807) is 13.0 Å². The number of rotatable bonds is 6. The Morgan fingerprint density at radius 3 is 2.81 bits per heavy atom. The van der Waals surface area contributed by atoms with Crippen molar-refractivity contribution in [2.24, 2.45) is 0 Å². The van der Waals surface area contributed by atoms with E-state index in [1.807, 2.05) is 12.1 Å². The van der Waals surface area contributed by atoms with Crippen LogP contribution in [0.3, 0.4) is 0 Å². The van der Waals surface area contributed by atoms with Crippen LogP contribution in [0.2, 0.25) is 0 Å². The smallest absolute Gasteiger partial charge is 0.126 e. The van der Waals surface area contributed by atoms with Crippen LogP contribution in [0.25, 0.3) is 6.08 Å². The maximum atomic E-state index is 13.0. The van der Waals surface area contributed by atoms with Crippen LogP contribution in [-0.4, -0.2) is 13.1 Å². The van der Waals surface area contributed by atoms with Crippen LogP contribution in [0.1, 0.15) is 30.9 Å². The lowest BCUT2D eigenvalue weighted by molar-refractivity contribution is 0.618. The maximum absolute atomic E-state index is 13.0. The summed E-state index contributed by atoms with van der Waals surface area (Å²) < 4.78 is 13.0. The third kappa shape index (κ3) is 4.58. The highest BCUT2D eigenvalue weighted by molar-refractivity contribution is 5.50. The molecule has 0 saturated heterocycles. The van der Waals surface area contributed by atoms with Gasteiger partial charge in [-0.1, -0.05) is 25.1 Å². The van der Waals surface area contributed by atoms with Gasteiger partial charge in [0.1, 0.15) is 5.82 Å². The number of halogens is 1. The second-order valence-electron chi connectivity index (χ2n) is 3.95. The Kier molecular flexibility index (Phi) is 5.79. The standard InChI is InChI=1S/C14H20FN/c1-3-9-16-10-5-4-6-13-7-8-14(15)12(2)11-13/h4,6-8,11,16H,3,5,9-10H2,1-2H3. The Balaban J connectivity index is 2.35. The third-order valence-corrected chi connectivity index (χ3v) is 2.41. The molecule has 0 atom stereocenters. The number of aryl methyl sites for hydroxylation is 1. The molecule has 1 rings (SSSR count). The van der Waals surface area contributed by atoms with Crippen molar-refractivity contribution in [3.8, 4) is 0 Å². The van der Waals surface area contributed by atoms with Crippen molar-refractivity contribution in [2.75, 3.05) is 13.1 Å². The topological polar surface area (TPSA) is 12.0 Å². The molecule has 16 heavy (non-hydrogen) atoms. The number of nitrogens with one attached hydrogen (secondary N) is 1. The molecule has 0 amide bonds. The van der Waals surface area contributed by atoms with Gasteiger partial charge < -0.3 is 5.32 Å². The van der Waals surface area contributed by atoms with Crippen molar-refractivity contribution >= 4 is 6.08 Å². The van der Waals surface area contributed by atoms with E-state index in [1.165, 1.54) is 12.5 Å². The van der Waals surface area contributed by atoms with Gasteiger partial charge in [0.2, 0.25) is 0 Å². The molecule has 1 nitrogen and oxygen atoms in total. The fraction of sp³-hybridized carbons (Fsp3) is 0.429. The fourth-order valence-corrected chi connectivity index (χ4v) is 1.48. The highest BCUT2D eigenvalue weighted by Crippen LogP contribution is 2.10. The average molecular weight is 221 g/mol. The second-order valence-corrected chi connectivity index (χ2v) is 3.95. The van der Waals surface area contributed by atoms with Crippen molar-refractivity contribution < 1.29 is 4.39 Å². The van der Waals surface area contributed by atoms with Crippen LogP contribution in [0.5, 0.6) is 0 Å². The van der Waals surface area contributed by atoms with Gasteiger partial charge in [-0.05, 0) is 56.1 Å². The first kappa shape index (κ1) is 12.9. The summed E-state index contributed by atoms with van der Waals surface area (Å²) in [5.41, 5.74) is 1.76. The van der Waals surface area contributed by atoms with E-state index in [4.69, 9.17) is 0 Å². The minimum atomic E-state index is -0.137. The molecule has 1 aromatic rings. The molecule has 88 valence electrons. The molecule has 0 aliphatic rings. The molecule has 0 aliphatic carbocycles. The summed E-state index contributed by atoms with van der Waals surface area (Å²) in [6.07, 6.45) is 6.34. The summed E-state index contributed by atoms with van der Waals surface area (Å²) in [4.78, 5) is 0. The summed E-state index contributed by atoms with van der Waals surface area (Å²) in [7, 11) is 0. The summed E-state index contributed by atoms with van der Waals surface area (Å²) in [5, 5.41) is 3.33. The molecule has 0 radical (unpaired) electrons. The van der Waals surface area contributed by atoms with Crippen LogP contribution in [-0.2, 0) is 0 Å². The van der Waals surface area contributed by atoms with E-state index in [-0.39, 0.29) is 5.82 Å². The molecule has 2 heteroatoms. The molecule has 0 unspecified atom stereocenters. The first-order chi connectivity index (χ1) is 7.74. The molecule has 0 aliphatic heterocycles. The predicted molar refractivity (Wildman–Crippen MR) is 67.9 cm³/mol. The third-order valence-electron chi connectivity index (χ3n) is 2.41. The predicted octanol–water partition coefficient (Wildman–Crippen LogP) is 3.54. The van der Waals surface area contributed by atoms with Gasteiger partial charge in [0.05, 0.1) is 0 Å². The Hall–Kier alpha value is -1.15. The molecule has 0 fully saturated rings. The quantitative estimate of drug-likeness (QED) is 0.724. The first-order valence-corrected chi connectivity index (χ1v) is 5.87. The van der Waals surface area contributed by atoms with Crippen LogP contribution < -0.4 is 5.32 Å². The van der Waals surface area contributed by atoms with Crippen molar-refractivity contribution in [3.05, 3.63) is 41.2 Å². The van der Waals surface area contributed by atoms with E-state index in [9.17, 15) is 4.39 Å². The lowest BCUT2D eigenvalue weighted by atomic mass is 10.1. The fourth-order valence-electron chi connectivity index (χ4n) is 1.48. The second kappa shape index (κ2) is 7.18. The zero-order chi connectivity index (χ0) is 11.8. The Labute approximate surface area is 97.4 Å². The lowest BCUT2D eigenvalue weighted by Crippen LogP contribution is -2.14. The van der Waals surface area contributed by atoms with Crippen molar-refractivity contribution in [1.82, 2.24) is 5.32 Å². The highest BCUT2D eigenvalue weighted by atomic mass is 19.1. The van der Waals surface area contributed by atoms with E-state index in [0.29, 0.717) is 5.56 Å². The summed E-state index contributed by atoms with van der Waals surface area (Å²) in [6, 6.07) is 5.19. The largest absolute Gasteiger partial charge is 0.316 e. The van der Waals surface area contributed by atoms with Gasteiger partial charge >= 0.3 is 0 Å². The SMILES string of the molecule is CCCNCCC=Cc1ccc(F)c(C)c1. The molecule has 0 bridgehead atoms. The van der Waals surface area contributed by atoms with E-state index in [0.717, 1.165) is 25.1 Å². The Morgan fingerprint density at radius 2 is 2.12 bits per heavy atom. The average Bonchev–Trinajstić information content (AvgIpc) is 2.28. The number of hydrogen-bond donors (Lipinski definition) is 1. The highest BCUT2D eigenvalue weighted by Gasteiger charge is 1.95. The van der Waals surface area contributed by atoms with Gasteiger partial charge in [-0.2, -0.15) is 0 Å². The van der Waals surface area contributed by atoms with Gasteiger partial charge in [0.25, 0.3) is 0 Å². The van der Waals surface area contributed by atoms with Crippen LogP contribution in [0.15, 0.2) is 24.3 Å². The molecule has 1 N–H and O–H groups in total. The lowest BCUT2D eigenvalue weighted by Gasteiger charge is -1.99. The Morgan fingerprint density at radius 1 is 1.31 bits per heavy atom. The molecule has 1 aromatic carbocycles. The van der Waals surface area contributed by atoms with E-state index >= 15 is 0 Å². The summed E-state index contributed by atoms with van der Waals surface area (Å²) in [6.45, 7) is 6.02. The van der Waals surface area contributed by atoms with Crippen molar-refractivity contribution in [1.29, 1.82) is 0 Å². The molecule has 0 spiro atoms. The first-order valence-electron chi connectivity index (χ1n) is 5.87. The van der Waals surface area contributed by atoms with Gasteiger partial charge in [-0.3, -0.25) is 0 Å². The minimum Gasteiger partial charge on any atom is -0.316 e. The number of benzene rings is 1. The van der Waals surface area contributed by atoms with Crippen LogP contribution >= 0.6 is 0 Å². The van der Waals surface area contributed by atoms with Gasteiger partial charge in [-0.15, -0.1) is 0 Å². The molecular weight excluding hydrogens is 201 g/mol. The van der Waals surface area contributed by atoms with Crippen molar-refractivity contribution in [3.63, 3.8) is 0 Å². The minimum absolute atomic E-state index is 0.137. The normalized spacial score (nSPS) is 11.2. The summed E-state index contributed by atoms with van der Waals surface area (Å²) in [5.74, 6) is -0.137. The van der Waals surface area contributed by atoms with Gasteiger partial charge in [-0.25, -0.2) is 4.39 Å². The number of hydrogen-bond acceptors (Lipinski definition) is 1. The van der Waals surface area contributed by atoms with Crippen LogP contribution in [0.4, 0.5) is 4.39 Å². The molecular formula is C14H20FN. The van der Waals surface area contributed by atoms with Gasteiger partial charge in [0, 0.05) is 0 Å². The van der Waals surface area contributed by atoms with Crippen molar-refractivity contribution in [2.45, 2.75) is 26.7 Å². The molecule has 0 aromatic heterocycles.